The molecule has 1 unspecified atom stereocenters. The molecular formula is C20H21NO3S. The second kappa shape index (κ2) is 7.74. The van der Waals surface area contributed by atoms with Crippen molar-refractivity contribution in [2.24, 2.45) is 0 Å². The monoisotopic (exact) mass is 355 g/mol. The molecule has 0 aromatic heterocycles. The number of hydrogen-bond donors (Lipinski definition) is 2. The standard InChI is InChI=1S/C20H21NO3S/c1-13(20(23)24)25-18-10-6-5-9-17(18)19(22)21-16-11-15(12-16)14-7-3-2-4-8-14/h2-10,13,15-16H,11-12H2,1H3,(H,21,22)(H,23,24). The van der Waals surface area contributed by atoms with Gasteiger partial charge in [0, 0.05) is 10.9 Å². The summed E-state index contributed by atoms with van der Waals surface area (Å²) in [5.41, 5.74) is 1.86. The van der Waals surface area contributed by atoms with Crippen molar-refractivity contribution >= 4 is 23.6 Å². The summed E-state index contributed by atoms with van der Waals surface area (Å²) in [5, 5.41) is 11.6. The number of rotatable bonds is 6. The molecule has 1 amide bonds. The van der Waals surface area contributed by atoms with Gasteiger partial charge in [-0.05, 0) is 43.4 Å². The molecular weight excluding hydrogens is 334 g/mol. The fourth-order valence-electron chi connectivity index (χ4n) is 2.99. The molecule has 1 aliphatic carbocycles. The molecule has 1 saturated carbocycles. The number of nitrogens with one attached hydrogen (secondary N) is 1. The summed E-state index contributed by atoms with van der Waals surface area (Å²) >= 11 is 1.20. The molecule has 3 rings (SSSR count). The van der Waals surface area contributed by atoms with Crippen molar-refractivity contribution in [2.75, 3.05) is 0 Å². The Labute approximate surface area is 151 Å². The van der Waals surface area contributed by atoms with Crippen LogP contribution in [0.5, 0.6) is 0 Å². The van der Waals surface area contributed by atoms with E-state index in [0.29, 0.717) is 16.4 Å². The molecule has 0 spiro atoms. The highest BCUT2D eigenvalue weighted by atomic mass is 32.2. The minimum atomic E-state index is -0.884. The molecule has 4 nitrogen and oxygen atoms in total. The van der Waals surface area contributed by atoms with Gasteiger partial charge in [-0.2, -0.15) is 0 Å². The number of carboxylic acids is 1. The Morgan fingerprint density at radius 3 is 2.40 bits per heavy atom. The van der Waals surface area contributed by atoms with Crippen LogP contribution in [-0.2, 0) is 4.79 Å². The van der Waals surface area contributed by atoms with E-state index in [2.05, 4.69) is 17.4 Å². The van der Waals surface area contributed by atoms with Crippen molar-refractivity contribution in [1.82, 2.24) is 5.32 Å². The van der Waals surface area contributed by atoms with Gasteiger partial charge in [-0.25, -0.2) is 0 Å². The third-order valence-electron chi connectivity index (χ3n) is 4.53. The van der Waals surface area contributed by atoms with Crippen molar-refractivity contribution in [2.45, 2.75) is 41.9 Å². The molecule has 0 bridgehead atoms. The van der Waals surface area contributed by atoms with E-state index < -0.39 is 11.2 Å². The lowest BCUT2D eigenvalue weighted by Crippen LogP contribution is -2.43. The van der Waals surface area contributed by atoms with Crippen LogP contribution in [0.15, 0.2) is 59.5 Å². The van der Waals surface area contributed by atoms with Crippen LogP contribution in [0.25, 0.3) is 0 Å². The number of carboxylic acid groups (broad SMARTS) is 1. The maximum Gasteiger partial charge on any atom is 0.316 e. The van der Waals surface area contributed by atoms with Gasteiger partial charge >= 0.3 is 5.97 Å². The number of thioether (sulfide) groups is 1. The summed E-state index contributed by atoms with van der Waals surface area (Å²) in [4.78, 5) is 24.4. The first-order valence-corrected chi connectivity index (χ1v) is 9.27. The summed E-state index contributed by atoms with van der Waals surface area (Å²) in [6.07, 6.45) is 1.88. The highest BCUT2D eigenvalue weighted by molar-refractivity contribution is 8.00. The summed E-state index contributed by atoms with van der Waals surface area (Å²) in [7, 11) is 0. The van der Waals surface area contributed by atoms with Crippen molar-refractivity contribution < 1.29 is 14.7 Å². The van der Waals surface area contributed by atoms with Crippen LogP contribution in [0, 0.1) is 0 Å². The second-order valence-electron chi connectivity index (χ2n) is 6.34. The van der Waals surface area contributed by atoms with E-state index in [4.69, 9.17) is 5.11 Å². The molecule has 0 radical (unpaired) electrons. The topological polar surface area (TPSA) is 66.4 Å². The summed E-state index contributed by atoms with van der Waals surface area (Å²) < 4.78 is 0. The van der Waals surface area contributed by atoms with E-state index in [1.54, 1.807) is 25.1 Å². The number of amides is 1. The summed E-state index contributed by atoms with van der Waals surface area (Å²) in [6.45, 7) is 1.62. The van der Waals surface area contributed by atoms with Gasteiger partial charge in [0.05, 0.1) is 5.56 Å². The smallest absolute Gasteiger partial charge is 0.316 e. The van der Waals surface area contributed by atoms with Crippen molar-refractivity contribution in [3.05, 3.63) is 65.7 Å². The Balaban J connectivity index is 1.60. The predicted molar refractivity (Wildman–Crippen MR) is 99.1 cm³/mol. The third-order valence-corrected chi connectivity index (χ3v) is 5.69. The van der Waals surface area contributed by atoms with Crippen LogP contribution in [0.3, 0.4) is 0 Å². The average molecular weight is 355 g/mol. The normalized spacial score (nSPS) is 20.4. The van der Waals surface area contributed by atoms with Gasteiger partial charge in [-0.15, -0.1) is 11.8 Å². The molecule has 0 saturated heterocycles. The minimum absolute atomic E-state index is 0.128. The number of aliphatic carboxylic acids is 1. The molecule has 25 heavy (non-hydrogen) atoms. The van der Waals surface area contributed by atoms with Gasteiger partial charge in [0.25, 0.3) is 5.91 Å². The van der Waals surface area contributed by atoms with Crippen LogP contribution in [0.2, 0.25) is 0 Å². The molecule has 2 aromatic carbocycles. The maximum absolute atomic E-state index is 12.6. The van der Waals surface area contributed by atoms with Crippen molar-refractivity contribution in [3.63, 3.8) is 0 Å². The fraction of sp³-hybridized carbons (Fsp3) is 0.300. The van der Waals surface area contributed by atoms with E-state index in [9.17, 15) is 9.59 Å². The van der Waals surface area contributed by atoms with Gasteiger partial charge in [0.2, 0.25) is 0 Å². The maximum atomic E-state index is 12.6. The lowest BCUT2D eigenvalue weighted by Gasteiger charge is -2.36. The Morgan fingerprint density at radius 2 is 1.72 bits per heavy atom. The highest BCUT2D eigenvalue weighted by Gasteiger charge is 2.31. The number of carbonyl (C=O) groups is 2. The van der Waals surface area contributed by atoms with Gasteiger partial charge < -0.3 is 10.4 Å². The van der Waals surface area contributed by atoms with E-state index in [1.165, 1.54) is 17.3 Å². The Morgan fingerprint density at radius 1 is 1.08 bits per heavy atom. The highest BCUT2D eigenvalue weighted by Crippen LogP contribution is 2.37. The Kier molecular flexibility index (Phi) is 5.43. The van der Waals surface area contributed by atoms with Gasteiger partial charge in [-0.1, -0.05) is 42.5 Å². The SMILES string of the molecule is CC(Sc1ccccc1C(=O)NC1CC(c2ccccc2)C1)C(=O)O. The van der Waals surface area contributed by atoms with Crippen molar-refractivity contribution in [1.29, 1.82) is 0 Å². The predicted octanol–water partition coefficient (Wildman–Crippen LogP) is 3.93. The van der Waals surface area contributed by atoms with E-state index in [1.807, 2.05) is 24.3 Å². The lowest BCUT2D eigenvalue weighted by molar-refractivity contribution is -0.136. The zero-order chi connectivity index (χ0) is 17.8. The van der Waals surface area contributed by atoms with Crippen LogP contribution in [0.1, 0.15) is 41.6 Å². The van der Waals surface area contributed by atoms with Crippen LogP contribution in [-0.4, -0.2) is 28.3 Å². The van der Waals surface area contributed by atoms with E-state index in [0.717, 1.165) is 12.8 Å². The number of hydrogen-bond acceptors (Lipinski definition) is 3. The quantitative estimate of drug-likeness (QED) is 0.771. The van der Waals surface area contributed by atoms with Crippen LogP contribution in [0.4, 0.5) is 0 Å². The molecule has 2 N–H and O–H groups in total. The van der Waals surface area contributed by atoms with Crippen LogP contribution < -0.4 is 5.32 Å². The van der Waals surface area contributed by atoms with Crippen LogP contribution >= 0.6 is 11.8 Å². The Bertz CT molecular complexity index is 757. The van der Waals surface area contributed by atoms with Gasteiger partial charge in [-0.3, -0.25) is 9.59 Å². The second-order valence-corrected chi connectivity index (χ2v) is 7.73. The molecule has 0 aliphatic heterocycles. The number of carbonyl (C=O) groups excluding carboxylic acids is 1. The van der Waals surface area contributed by atoms with Crippen molar-refractivity contribution in [3.8, 4) is 0 Å². The average Bonchev–Trinajstić information content (AvgIpc) is 2.58. The number of benzene rings is 2. The molecule has 0 heterocycles. The largest absolute Gasteiger partial charge is 0.480 e. The fourth-order valence-corrected chi connectivity index (χ4v) is 3.92. The summed E-state index contributed by atoms with van der Waals surface area (Å²) in [5.74, 6) is -0.509. The molecule has 5 heteroatoms. The van der Waals surface area contributed by atoms with E-state index >= 15 is 0 Å². The first kappa shape index (κ1) is 17.5. The zero-order valence-electron chi connectivity index (χ0n) is 14.0. The summed E-state index contributed by atoms with van der Waals surface area (Å²) in [6, 6.07) is 17.7. The van der Waals surface area contributed by atoms with Gasteiger partial charge in [0.1, 0.15) is 5.25 Å². The molecule has 1 fully saturated rings. The molecule has 1 atom stereocenters. The Hall–Kier alpha value is -2.27. The van der Waals surface area contributed by atoms with E-state index in [-0.39, 0.29) is 11.9 Å². The lowest BCUT2D eigenvalue weighted by atomic mass is 9.76. The molecule has 2 aromatic rings. The third kappa shape index (κ3) is 4.23. The molecule has 130 valence electrons. The first-order chi connectivity index (χ1) is 12.0. The molecule has 1 aliphatic rings. The van der Waals surface area contributed by atoms with Gasteiger partial charge in [0.15, 0.2) is 0 Å². The zero-order valence-corrected chi connectivity index (χ0v) is 14.8. The first-order valence-electron chi connectivity index (χ1n) is 8.39. The minimum Gasteiger partial charge on any atom is -0.480 e.